The van der Waals surface area contributed by atoms with E-state index in [-0.39, 0.29) is 17.9 Å². The summed E-state index contributed by atoms with van der Waals surface area (Å²) in [6, 6.07) is 5.07. The van der Waals surface area contributed by atoms with Gasteiger partial charge in [-0.25, -0.2) is 0 Å². The number of likely N-dealkylation sites (N-methyl/N-ethyl adjacent to an activating group) is 1. The van der Waals surface area contributed by atoms with E-state index in [1.807, 2.05) is 11.0 Å². The Hall–Kier alpha value is -2.24. The van der Waals surface area contributed by atoms with Gasteiger partial charge in [-0.15, -0.1) is 0 Å². The average molecular weight is 290 g/mol. The molecule has 1 saturated heterocycles. The van der Waals surface area contributed by atoms with Gasteiger partial charge >= 0.3 is 0 Å². The molecular formula is C15H22N4O2. The van der Waals surface area contributed by atoms with Crippen molar-refractivity contribution >= 4 is 23.2 Å². The maximum atomic E-state index is 11.9. The van der Waals surface area contributed by atoms with Crippen LogP contribution in [0.4, 0.5) is 11.4 Å². The van der Waals surface area contributed by atoms with Gasteiger partial charge in [0.05, 0.1) is 11.4 Å². The van der Waals surface area contributed by atoms with Crippen molar-refractivity contribution in [2.24, 2.45) is 0 Å². The zero-order valence-corrected chi connectivity index (χ0v) is 12.7. The van der Waals surface area contributed by atoms with Crippen molar-refractivity contribution in [1.82, 2.24) is 10.2 Å². The van der Waals surface area contributed by atoms with Crippen LogP contribution in [0.1, 0.15) is 23.2 Å². The molecule has 0 saturated carbocycles. The number of hydrogen-bond donors (Lipinski definition) is 2. The van der Waals surface area contributed by atoms with Crippen molar-refractivity contribution in [3.63, 3.8) is 0 Å². The summed E-state index contributed by atoms with van der Waals surface area (Å²) in [5, 5.41) is 2.69. The molecule has 1 fully saturated rings. The summed E-state index contributed by atoms with van der Waals surface area (Å²) < 4.78 is 0. The summed E-state index contributed by atoms with van der Waals surface area (Å²) in [5.74, 6) is -0.0853. The lowest BCUT2D eigenvalue weighted by atomic mass is 10.1. The molecule has 1 aliphatic heterocycles. The summed E-state index contributed by atoms with van der Waals surface area (Å²) in [6.45, 7) is 0.795. The summed E-state index contributed by atoms with van der Waals surface area (Å²) in [4.78, 5) is 27.4. The number of carbonyl (C=O) groups is 2. The van der Waals surface area contributed by atoms with E-state index in [0.717, 1.165) is 25.1 Å². The fraction of sp³-hybridized carbons (Fsp3) is 0.467. The van der Waals surface area contributed by atoms with Gasteiger partial charge in [-0.2, -0.15) is 0 Å². The van der Waals surface area contributed by atoms with Gasteiger partial charge in [-0.05, 0) is 31.0 Å². The molecule has 21 heavy (non-hydrogen) atoms. The lowest BCUT2D eigenvalue weighted by molar-refractivity contribution is -0.121. The maximum absolute atomic E-state index is 11.9. The van der Waals surface area contributed by atoms with Crippen molar-refractivity contribution in [2.45, 2.75) is 18.9 Å². The molecule has 1 aromatic carbocycles. The Morgan fingerprint density at radius 2 is 2.10 bits per heavy atom. The predicted molar refractivity (Wildman–Crippen MR) is 83.3 cm³/mol. The third-order valence-corrected chi connectivity index (χ3v) is 3.79. The number of hydrogen-bond acceptors (Lipinski definition) is 4. The summed E-state index contributed by atoms with van der Waals surface area (Å²) >= 11 is 0. The van der Waals surface area contributed by atoms with Crippen LogP contribution in [0.2, 0.25) is 0 Å². The Kier molecular flexibility index (Phi) is 4.35. The first-order valence-electron chi connectivity index (χ1n) is 7.05. The second kappa shape index (κ2) is 6.03. The van der Waals surface area contributed by atoms with E-state index >= 15 is 0 Å². The molecule has 0 spiro atoms. The van der Waals surface area contributed by atoms with Gasteiger partial charge in [0.15, 0.2) is 0 Å². The van der Waals surface area contributed by atoms with Gasteiger partial charge in [0.2, 0.25) is 5.91 Å². The van der Waals surface area contributed by atoms with Crippen molar-refractivity contribution in [2.75, 3.05) is 38.3 Å². The van der Waals surface area contributed by atoms with E-state index in [4.69, 9.17) is 5.73 Å². The molecular weight excluding hydrogens is 268 g/mol. The van der Waals surface area contributed by atoms with E-state index < -0.39 is 0 Å². The fourth-order valence-corrected chi connectivity index (χ4v) is 2.70. The molecule has 0 radical (unpaired) electrons. The highest BCUT2D eigenvalue weighted by atomic mass is 16.2. The van der Waals surface area contributed by atoms with Crippen molar-refractivity contribution in [3.05, 3.63) is 23.8 Å². The van der Waals surface area contributed by atoms with Gasteiger partial charge < -0.3 is 20.9 Å². The minimum atomic E-state index is -0.187. The van der Waals surface area contributed by atoms with Gasteiger partial charge in [-0.1, -0.05) is 0 Å². The fourth-order valence-electron chi connectivity index (χ4n) is 2.70. The van der Waals surface area contributed by atoms with Crippen LogP contribution in [0.15, 0.2) is 18.2 Å². The van der Waals surface area contributed by atoms with Crippen molar-refractivity contribution in [3.8, 4) is 0 Å². The zero-order valence-electron chi connectivity index (χ0n) is 12.7. The first-order valence-corrected chi connectivity index (χ1v) is 7.05. The number of nitrogens with one attached hydrogen (secondary N) is 1. The minimum Gasteiger partial charge on any atom is -0.397 e. The highest BCUT2D eigenvalue weighted by Gasteiger charge is 2.31. The Bertz CT molecular complexity index is 557. The van der Waals surface area contributed by atoms with Gasteiger partial charge in [0.25, 0.3) is 5.91 Å². The zero-order chi connectivity index (χ0) is 15.6. The molecule has 1 heterocycles. The Morgan fingerprint density at radius 1 is 1.38 bits per heavy atom. The number of carbonyl (C=O) groups excluding carboxylic acids is 2. The predicted octanol–water partition coefficient (Wildman–Crippen LogP) is 0.685. The molecule has 1 unspecified atom stereocenters. The molecule has 6 nitrogen and oxygen atoms in total. The Morgan fingerprint density at radius 3 is 2.67 bits per heavy atom. The molecule has 0 bridgehead atoms. The van der Waals surface area contributed by atoms with Crippen LogP contribution < -0.4 is 16.0 Å². The van der Waals surface area contributed by atoms with Crippen LogP contribution in [0.25, 0.3) is 0 Å². The molecule has 6 heteroatoms. The first kappa shape index (κ1) is 15.2. The minimum absolute atomic E-state index is 0.000319. The van der Waals surface area contributed by atoms with Crippen LogP contribution in [-0.2, 0) is 4.79 Å². The first-order chi connectivity index (χ1) is 9.95. The van der Waals surface area contributed by atoms with E-state index in [2.05, 4.69) is 5.32 Å². The normalized spacial score (nSPS) is 17.7. The van der Waals surface area contributed by atoms with Crippen LogP contribution >= 0.6 is 0 Å². The van der Waals surface area contributed by atoms with Gasteiger partial charge in [0.1, 0.15) is 6.04 Å². The largest absolute Gasteiger partial charge is 0.397 e. The second-order valence-corrected chi connectivity index (χ2v) is 5.44. The van der Waals surface area contributed by atoms with E-state index in [0.29, 0.717) is 11.3 Å². The van der Waals surface area contributed by atoms with Crippen LogP contribution in [0, 0.1) is 0 Å². The quantitative estimate of drug-likeness (QED) is 0.803. The summed E-state index contributed by atoms with van der Waals surface area (Å²) in [7, 11) is 5.05. The smallest absolute Gasteiger partial charge is 0.253 e. The summed E-state index contributed by atoms with van der Waals surface area (Å²) in [6.07, 6.45) is 1.77. The summed E-state index contributed by atoms with van der Waals surface area (Å²) in [5.41, 5.74) is 7.99. The van der Waals surface area contributed by atoms with E-state index in [1.54, 1.807) is 33.3 Å². The third-order valence-electron chi connectivity index (χ3n) is 3.79. The lowest BCUT2D eigenvalue weighted by Crippen LogP contribution is -2.42. The van der Waals surface area contributed by atoms with Crippen molar-refractivity contribution < 1.29 is 9.59 Å². The molecule has 1 atom stereocenters. The molecule has 2 amide bonds. The molecule has 2 rings (SSSR count). The van der Waals surface area contributed by atoms with Crippen LogP contribution in [0.5, 0.6) is 0 Å². The van der Waals surface area contributed by atoms with Gasteiger partial charge in [0, 0.05) is 33.3 Å². The highest BCUT2D eigenvalue weighted by molar-refractivity contribution is 5.96. The number of anilines is 2. The van der Waals surface area contributed by atoms with Crippen molar-refractivity contribution in [1.29, 1.82) is 0 Å². The van der Waals surface area contributed by atoms with Crippen LogP contribution in [-0.4, -0.2) is 50.4 Å². The highest BCUT2D eigenvalue weighted by Crippen LogP contribution is 2.31. The molecule has 1 aromatic rings. The van der Waals surface area contributed by atoms with E-state index in [9.17, 15) is 9.59 Å². The second-order valence-electron chi connectivity index (χ2n) is 5.44. The SMILES string of the molecule is CNC(=O)C1CCCN1c1ccc(C(=O)N(C)C)cc1N. The number of nitrogen functional groups attached to an aromatic ring is 1. The third kappa shape index (κ3) is 2.94. The lowest BCUT2D eigenvalue weighted by Gasteiger charge is -2.27. The molecule has 0 aliphatic carbocycles. The molecule has 1 aliphatic rings. The molecule has 114 valence electrons. The standard InChI is InChI=1S/C15H22N4O2/c1-17-14(20)13-5-4-8-19(13)12-7-6-10(9-11(12)16)15(21)18(2)3/h6-7,9,13H,4-5,8,16H2,1-3H3,(H,17,20). The monoisotopic (exact) mass is 290 g/mol. The molecule has 3 N–H and O–H groups in total. The van der Waals surface area contributed by atoms with Crippen LogP contribution in [0.3, 0.4) is 0 Å². The van der Waals surface area contributed by atoms with E-state index in [1.165, 1.54) is 4.90 Å². The Balaban J connectivity index is 2.29. The number of nitrogens with two attached hydrogens (primary N) is 1. The Labute approximate surface area is 124 Å². The maximum Gasteiger partial charge on any atom is 0.253 e. The number of nitrogens with zero attached hydrogens (tertiary/aromatic N) is 2. The number of amides is 2. The molecule has 0 aromatic heterocycles. The number of rotatable bonds is 3. The number of benzene rings is 1. The van der Waals surface area contributed by atoms with Gasteiger partial charge in [-0.3, -0.25) is 9.59 Å². The average Bonchev–Trinajstić information content (AvgIpc) is 2.94. The topological polar surface area (TPSA) is 78.7 Å².